The first-order valence-electron chi connectivity index (χ1n) is 14.6. The SMILES string of the molecule is CCCCN(CC)c1ccc(N)nc1.COc1cc(CN(C=S)Cc2cn3c4c(c(F)c(F)cc4c2=O)OCCC3)ccn1. The molecule has 0 spiro atoms. The van der Waals surface area contributed by atoms with Crippen LogP contribution in [-0.4, -0.2) is 51.7 Å². The van der Waals surface area contributed by atoms with Crippen molar-refractivity contribution in [2.75, 3.05) is 37.4 Å². The van der Waals surface area contributed by atoms with Gasteiger partial charge in [-0.3, -0.25) is 4.79 Å². The maximum atomic E-state index is 14.3. The predicted molar refractivity (Wildman–Crippen MR) is 173 cm³/mol. The number of benzene rings is 1. The lowest BCUT2D eigenvalue weighted by Gasteiger charge is -2.22. The molecule has 0 unspecified atom stereocenters. The Balaban J connectivity index is 0.000000265. The zero-order valence-electron chi connectivity index (χ0n) is 25.3. The van der Waals surface area contributed by atoms with E-state index in [0.717, 1.165) is 30.4 Å². The van der Waals surface area contributed by atoms with Crippen LogP contribution in [0.1, 0.15) is 44.2 Å². The number of rotatable bonds is 11. The van der Waals surface area contributed by atoms with Crippen molar-refractivity contribution in [3.8, 4) is 11.6 Å². The molecule has 0 fully saturated rings. The Morgan fingerprint density at radius 2 is 2.00 bits per heavy atom. The molecule has 0 saturated heterocycles. The summed E-state index contributed by atoms with van der Waals surface area (Å²) in [5, 5.41) is 0.0956. The van der Waals surface area contributed by atoms with Gasteiger partial charge in [0.25, 0.3) is 0 Å². The molecule has 9 nitrogen and oxygen atoms in total. The summed E-state index contributed by atoms with van der Waals surface area (Å²) >= 11 is 5.14. The van der Waals surface area contributed by atoms with E-state index in [1.807, 2.05) is 24.4 Å². The van der Waals surface area contributed by atoms with Crippen molar-refractivity contribution in [1.82, 2.24) is 19.4 Å². The molecule has 1 aliphatic rings. The second kappa shape index (κ2) is 15.4. The summed E-state index contributed by atoms with van der Waals surface area (Å²) in [5.74, 6) is -1.32. The van der Waals surface area contributed by atoms with Crippen LogP contribution in [-0.2, 0) is 19.6 Å². The molecule has 5 rings (SSSR count). The summed E-state index contributed by atoms with van der Waals surface area (Å²) < 4.78 is 40.7. The number of ether oxygens (including phenoxy) is 2. The molecule has 4 heterocycles. The molecule has 12 heteroatoms. The number of thiocarbonyl (C=S) groups is 1. The highest BCUT2D eigenvalue weighted by atomic mass is 32.1. The highest BCUT2D eigenvalue weighted by Crippen LogP contribution is 2.32. The van der Waals surface area contributed by atoms with Crippen LogP contribution in [0, 0.1) is 11.6 Å². The molecule has 0 saturated carbocycles. The maximum Gasteiger partial charge on any atom is 0.213 e. The minimum atomic E-state index is -1.10. The summed E-state index contributed by atoms with van der Waals surface area (Å²) in [4.78, 5) is 25.4. The Morgan fingerprint density at radius 3 is 2.68 bits per heavy atom. The van der Waals surface area contributed by atoms with Gasteiger partial charge in [0.1, 0.15) is 5.82 Å². The Hall–Kier alpha value is -4.32. The number of nitrogens with two attached hydrogens (primary N) is 1. The van der Waals surface area contributed by atoms with Gasteiger partial charge in [-0.15, -0.1) is 0 Å². The van der Waals surface area contributed by atoms with Gasteiger partial charge < -0.3 is 29.6 Å². The first-order chi connectivity index (χ1) is 21.3. The third-order valence-corrected chi connectivity index (χ3v) is 7.59. The Labute approximate surface area is 261 Å². The van der Waals surface area contributed by atoms with Gasteiger partial charge in [-0.05, 0) is 49.6 Å². The number of aromatic nitrogens is 3. The number of aryl methyl sites for hydroxylation is 1. The van der Waals surface area contributed by atoms with Crippen LogP contribution in [0.2, 0.25) is 0 Å². The van der Waals surface area contributed by atoms with Gasteiger partial charge in [0.2, 0.25) is 11.7 Å². The van der Waals surface area contributed by atoms with Crippen molar-refractivity contribution in [3.05, 3.63) is 81.9 Å². The fourth-order valence-electron chi connectivity index (χ4n) is 5.01. The molecular weight excluding hydrogens is 586 g/mol. The first kappa shape index (κ1) is 32.6. The number of halogens is 2. The topological polar surface area (TPSA) is 98.7 Å². The predicted octanol–water partition coefficient (Wildman–Crippen LogP) is 5.72. The van der Waals surface area contributed by atoms with E-state index in [-0.39, 0.29) is 35.2 Å². The molecule has 0 amide bonds. The van der Waals surface area contributed by atoms with Crippen LogP contribution in [0.5, 0.6) is 11.6 Å². The number of methoxy groups -OCH3 is 1. The van der Waals surface area contributed by atoms with E-state index in [1.165, 1.54) is 25.4 Å². The highest BCUT2D eigenvalue weighted by Gasteiger charge is 2.23. The lowest BCUT2D eigenvalue weighted by Crippen LogP contribution is -2.25. The number of unbranched alkanes of at least 4 members (excludes halogenated alkanes) is 1. The van der Waals surface area contributed by atoms with Gasteiger partial charge in [0.05, 0.1) is 42.0 Å². The van der Waals surface area contributed by atoms with Crippen molar-refractivity contribution in [3.63, 3.8) is 0 Å². The van der Waals surface area contributed by atoms with E-state index in [2.05, 4.69) is 28.7 Å². The van der Waals surface area contributed by atoms with E-state index < -0.39 is 11.6 Å². The molecule has 0 aliphatic carbocycles. The van der Waals surface area contributed by atoms with Crippen LogP contribution in [0.15, 0.2) is 53.7 Å². The molecule has 1 aliphatic heterocycles. The lowest BCUT2D eigenvalue weighted by atomic mass is 10.1. The monoisotopic (exact) mass is 624 g/mol. The Kier molecular flexibility index (Phi) is 11.4. The highest BCUT2D eigenvalue weighted by molar-refractivity contribution is 7.78. The number of hydrogen-bond donors (Lipinski definition) is 1. The quantitative estimate of drug-likeness (QED) is 0.210. The summed E-state index contributed by atoms with van der Waals surface area (Å²) in [7, 11) is 1.53. The van der Waals surface area contributed by atoms with Crippen molar-refractivity contribution in [2.45, 2.75) is 52.7 Å². The van der Waals surface area contributed by atoms with Crippen LogP contribution < -0.4 is 25.5 Å². The molecule has 4 aromatic rings. The molecule has 3 aromatic heterocycles. The van der Waals surface area contributed by atoms with E-state index >= 15 is 0 Å². The smallest absolute Gasteiger partial charge is 0.213 e. The molecule has 234 valence electrons. The summed E-state index contributed by atoms with van der Waals surface area (Å²) in [6.07, 6.45) is 8.21. The number of anilines is 2. The van der Waals surface area contributed by atoms with E-state index in [0.29, 0.717) is 36.8 Å². The average Bonchev–Trinajstić information content (AvgIpc) is 3.26. The van der Waals surface area contributed by atoms with Crippen molar-refractivity contribution in [1.29, 1.82) is 0 Å². The third-order valence-electron chi connectivity index (χ3n) is 7.29. The number of hydrogen-bond acceptors (Lipinski definition) is 8. The average molecular weight is 625 g/mol. The van der Waals surface area contributed by atoms with Crippen LogP contribution in [0.3, 0.4) is 0 Å². The van der Waals surface area contributed by atoms with Gasteiger partial charge in [-0.1, -0.05) is 25.6 Å². The third kappa shape index (κ3) is 7.79. The van der Waals surface area contributed by atoms with Gasteiger partial charge in [-0.25, -0.2) is 14.4 Å². The van der Waals surface area contributed by atoms with Gasteiger partial charge in [0, 0.05) is 56.7 Å². The molecule has 2 N–H and O–H groups in total. The largest absolute Gasteiger partial charge is 0.488 e. The fourth-order valence-corrected chi connectivity index (χ4v) is 5.16. The molecule has 0 atom stereocenters. The molecule has 44 heavy (non-hydrogen) atoms. The second-order valence-corrected chi connectivity index (χ2v) is 10.6. The Bertz CT molecular complexity index is 1630. The Morgan fingerprint density at radius 1 is 1.18 bits per heavy atom. The normalized spacial score (nSPS) is 12.0. The molecular formula is C32H38F2N6O3S. The first-order valence-corrected chi connectivity index (χ1v) is 15.1. The fraction of sp³-hybridized carbons (Fsp3) is 0.375. The second-order valence-electron chi connectivity index (χ2n) is 10.4. The number of nitrogen functional groups attached to an aromatic ring is 1. The summed E-state index contributed by atoms with van der Waals surface area (Å²) in [6.45, 7) is 7.91. The van der Waals surface area contributed by atoms with E-state index in [9.17, 15) is 13.6 Å². The minimum absolute atomic E-state index is 0.0956. The van der Waals surface area contributed by atoms with Crippen LogP contribution >= 0.6 is 12.2 Å². The zero-order valence-corrected chi connectivity index (χ0v) is 26.1. The van der Waals surface area contributed by atoms with Crippen LogP contribution in [0.25, 0.3) is 10.9 Å². The molecule has 0 bridgehead atoms. The van der Waals surface area contributed by atoms with Crippen molar-refractivity contribution >= 4 is 40.1 Å². The minimum Gasteiger partial charge on any atom is -0.488 e. The van der Waals surface area contributed by atoms with E-state index in [4.69, 9.17) is 27.4 Å². The maximum absolute atomic E-state index is 14.3. The number of nitrogens with zero attached hydrogens (tertiary/aromatic N) is 5. The zero-order chi connectivity index (χ0) is 31.6. The molecule has 1 aromatic carbocycles. The summed E-state index contributed by atoms with van der Waals surface area (Å²) in [5.41, 5.74) is 9.42. The van der Waals surface area contributed by atoms with Crippen molar-refractivity contribution < 1.29 is 18.3 Å². The molecule has 0 radical (unpaired) electrons. The van der Waals surface area contributed by atoms with E-state index in [1.54, 1.807) is 27.9 Å². The lowest BCUT2D eigenvalue weighted by molar-refractivity contribution is 0.296. The summed E-state index contributed by atoms with van der Waals surface area (Å²) in [6, 6.07) is 8.44. The van der Waals surface area contributed by atoms with Gasteiger partial charge >= 0.3 is 0 Å². The van der Waals surface area contributed by atoms with Gasteiger partial charge in [-0.2, -0.15) is 4.39 Å². The standard InChI is InChI=1S/C21H19F2N3O3S.C11H19N3/c1-28-17-7-13(3-4-24-17)9-25(12-30)10-14-11-26-5-2-6-29-21-18(23)16(22)8-15(19(21)26)20(14)27;1-3-5-8-14(4-2)10-6-7-11(12)13-9-10/h3-4,7-8,11-12H,2,5-6,9-10H2,1H3;6-7,9H,3-5,8H2,1-2H3,(H2,12,13). The van der Waals surface area contributed by atoms with Crippen LogP contribution in [0.4, 0.5) is 20.3 Å². The number of pyridine rings is 3. The van der Waals surface area contributed by atoms with Crippen molar-refractivity contribution in [2.24, 2.45) is 0 Å². The van der Waals surface area contributed by atoms with Gasteiger partial charge in [0.15, 0.2) is 17.0 Å².